The van der Waals surface area contributed by atoms with Crippen LogP contribution < -0.4 is 15.4 Å². The molecule has 2 amide bonds. The Morgan fingerprint density at radius 2 is 2.03 bits per heavy atom. The number of hydrogen-bond acceptors (Lipinski definition) is 5. The topological polar surface area (TPSA) is 80.3 Å². The van der Waals surface area contributed by atoms with Crippen molar-refractivity contribution < 1.29 is 14.3 Å². The number of fused-ring (bicyclic) bond motifs is 1. The molecule has 2 aromatic carbocycles. The van der Waals surface area contributed by atoms with Crippen molar-refractivity contribution in [3.63, 3.8) is 0 Å². The monoisotopic (exact) mass is 405 g/mol. The van der Waals surface area contributed by atoms with Gasteiger partial charge in [-0.05, 0) is 30.3 Å². The zero-order valence-corrected chi connectivity index (χ0v) is 16.3. The van der Waals surface area contributed by atoms with Gasteiger partial charge in [-0.15, -0.1) is 11.8 Å². The maximum atomic E-state index is 12.5. The molecule has 4 rings (SSSR count). The first-order chi connectivity index (χ1) is 14.2. The lowest BCUT2D eigenvalue weighted by Crippen LogP contribution is -2.32. The molecule has 0 bridgehead atoms. The molecule has 0 spiro atoms. The molecular weight excluding hydrogens is 386 g/mol. The summed E-state index contributed by atoms with van der Waals surface area (Å²) in [5.41, 5.74) is 2.38. The second-order valence-electron chi connectivity index (χ2n) is 6.52. The predicted molar refractivity (Wildman–Crippen MR) is 113 cm³/mol. The van der Waals surface area contributed by atoms with E-state index in [0.29, 0.717) is 18.0 Å². The lowest BCUT2D eigenvalue weighted by atomic mass is 10.2. The third-order valence-corrected chi connectivity index (χ3v) is 5.60. The highest BCUT2D eigenvalue weighted by Crippen LogP contribution is 2.36. The van der Waals surface area contributed by atoms with E-state index in [9.17, 15) is 9.59 Å². The highest BCUT2D eigenvalue weighted by molar-refractivity contribution is 8.01. The molecule has 1 unspecified atom stereocenters. The number of nitrogens with one attached hydrogen (secondary N) is 2. The van der Waals surface area contributed by atoms with Crippen molar-refractivity contribution in [3.8, 4) is 5.75 Å². The molecule has 0 fully saturated rings. The number of ether oxygens (including phenoxy) is 1. The van der Waals surface area contributed by atoms with Crippen LogP contribution in [0.15, 0.2) is 78.0 Å². The van der Waals surface area contributed by atoms with Crippen LogP contribution in [0.1, 0.15) is 12.0 Å². The van der Waals surface area contributed by atoms with Crippen molar-refractivity contribution in [1.29, 1.82) is 0 Å². The average Bonchev–Trinajstić information content (AvgIpc) is 2.74. The summed E-state index contributed by atoms with van der Waals surface area (Å²) in [7, 11) is 0. The standard InChI is InChI=1S/C22H19N3O3S/c26-21(12-20-22(27)25-18-8-1-2-9-19(18)29-20)24-16-6-3-7-17(11-16)28-14-15-5-4-10-23-13-15/h1-11,13,20H,12,14H2,(H,24,26)(H,25,27). The number of amides is 2. The van der Waals surface area contributed by atoms with E-state index in [4.69, 9.17) is 4.74 Å². The van der Waals surface area contributed by atoms with Gasteiger partial charge < -0.3 is 15.4 Å². The molecule has 29 heavy (non-hydrogen) atoms. The molecule has 1 aliphatic heterocycles. The quantitative estimate of drug-likeness (QED) is 0.645. The number of anilines is 2. The zero-order chi connectivity index (χ0) is 20.1. The Morgan fingerprint density at radius 1 is 1.14 bits per heavy atom. The Labute approximate surface area is 172 Å². The fourth-order valence-electron chi connectivity index (χ4n) is 2.92. The minimum Gasteiger partial charge on any atom is -0.489 e. The molecule has 3 aromatic rings. The van der Waals surface area contributed by atoms with Gasteiger partial charge in [0, 0.05) is 41.0 Å². The lowest BCUT2D eigenvalue weighted by molar-refractivity contribution is -0.120. The molecule has 146 valence electrons. The maximum Gasteiger partial charge on any atom is 0.238 e. The predicted octanol–water partition coefficient (Wildman–Crippen LogP) is 4.10. The van der Waals surface area contributed by atoms with E-state index in [0.717, 1.165) is 16.1 Å². The van der Waals surface area contributed by atoms with E-state index in [2.05, 4.69) is 15.6 Å². The minimum atomic E-state index is -0.463. The molecule has 6 nitrogen and oxygen atoms in total. The Balaban J connectivity index is 1.34. The van der Waals surface area contributed by atoms with Crippen LogP contribution in [0.4, 0.5) is 11.4 Å². The van der Waals surface area contributed by atoms with E-state index in [-0.39, 0.29) is 18.2 Å². The second-order valence-corrected chi connectivity index (χ2v) is 7.77. The number of para-hydroxylation sites is 1. The lowest BCUT2D eigenvalue weighted by Gasteiger charge is -2.23. The molecular formula is C22H19N3O3S. The molecule has 0 radical (unpaired) electrons. The molecule has 1 atom stereocenters. The SMILES string of the molecule is O=C(CC1Sc2ccccc2NC1=O)Nc1cccc(OCc2cccnc2)c1. The van der Waals surface area contributed by atoms with Gasteiger partial charge in [-0.2, -0.15) is 0 Å². The van der Waals surface area contributed by atoms with Crippen molar-refractivity contribution >= 4 is 35.0 Å². The third kappa shape index (κ3) is 4.94. The molecule has 2 N–H and O–H groups in total. The van der Waals surface area contributed by atoms with Crippen LogP contribution >= 0.6 is 11.8 Å². The van der Waals surface area contributed by atoms with Gasteiger partial charge in [0.15, 0.2) is 0 Å². The molecule has 7 heteroatoms. The molecule has 2 heterocycles. The van der Waals surface area contributed by atoms with Crippen molar-refractivity contribution in [2.75, 3.05) is 10.6 Å². The molecule has 1 aromatic heterocycles. The van der Waals surface area contributed by atoms with Gasteiger partial charge in [0.2, 0.25) is 11.8 Å². The fourth-order valence-corrected chi connectivity index (χ4v) is 4.03. The highest BCUT2D eigenvalue weighted by atomic mass is 32.2. The summed E-state index contributed by atoms with van der Waals surface area (Å²) >= 11 is 1.41. The van der Waals surface area contributed by atoms with Crippen LogP contribution in [0.2, 0.25) is 0 Å². The molecule has 0 saturated heterocycles. The maximum absolute atomic E-state index is 12.5. The van der Waals surface area contributed by atoms with Gasteiger partial charge in [-0.1, -0.05) is 24.3 Å². The van der Waals surface area contributed by atoms with Crippen LogP contribution in [0.3, 0.4) is 0 Å². The van der Waals surface area contributed by atoms with Crippen molar-refractivity contribution in [1.82, 2.24) is 4.98 Å². The van der Waals surface area contributed by atoms with E-state index in [1.165, 1.54) is 11.8 Å². The minimum absolute atomic E-state index is 0.0889. The summed E-state index contributed by atoms with van der Waals surface area (Å²) < 4.78 is 5.76. The Hall–Kier alpha value is -3.32. The van der Waals surface area contributed by atoms with E-state index in [1.807, 2.05) is 48.5 Å². The summed E-state index contributed by atoms with van der Waals surface area (Å²) in [5, 5.41) is 5.24. The molecule has 0 aliphatic carbocycles. The van der Waals surface area contributed by atoms with E-state index < -0.39 is 5.25 Å². The van der Waals surface area contributed by atoms with Crippen LogP contribution in [0.5, 0.6) is 5.75 Å². The largest absolute Gasteiger partial charge is 0.489 e. The summed E-state index contributed by atoms with van der Waals surface area (Å²) in [6.45, 7) is 0.392. The number of carbonyl (C=O) groups is 2. The summed E-state index contributed by atoms with van der Waals surface area (Å²) in [4.78, 5) is 29.8. The first-order valence-corrected chi connectivity index (χ1v) is 10.0. The number of rotatable bonds is 6. The Morgan fingerprint density at radius 3 is 2.90 bits per heavy atom. The summed E-state index contributed by atoms with van der Waals surface area (Å²) in [6.07, 6.45) is 3.55. The fraction of sp³-hybridized carbons (Fsp3) is 0.136. The van der Waals surface area contributed by atoms with Gasteiger partial charge in [0.25, 0.3) is 0 Å². The van der Waals surface area contributed by atoms with Crippen LogP contribution in [-0.2, 0) is 16.2 Å². The number of hydrogen-bond donors (Lipinski definition) is 2. The number of aromatic nitrogens is 1. The van der Waals surface area contributed by atoms with Crippen LogP contribution in [0.25, 0.3) is 0 Å². The zero-order valence-electron chi connectivity index (χ0n) is 15.5. The first-order valence-electron chi connectivity index (χ1n) is 9.15. The van der Waals surface area contributed by atoms with Crippen molar-refractivity contribution in [2.24, 2.45) is 0 Å². The highest BCUT2D eigenvalue weighted by Gasteiger charge is 2.28. The van der Waals surface area contributed by atoms with Gasteiger partial charge in [0.05, 0.1) is 10.9 Å². The second kappa shape index (κ2) is 8.79. The molecule has 1 aliphatic rings. The number of pyridine rings is 1. The van der Waals surface area contributed by atoms with Crippen molar-refractivity contribution in [2.45, 2.75) is 23.2 Å². The van der Waals surface area contributed by atoms with Gasteiger partial charge in [0.1, 0.15) is 12.4 Å². The number of carbonyl (C=O) groups excluding carboxylic acids is 2. The van der Waals surface area contributed by atoms with Gasteiger partial charge >= 0.3 is 0 Å². The number of nitrogens with zero attached hydrogens (tertiary/aromatic N) is 1. The van der Waals surface area contributed by atoms with E-state index >= 15 is 0 Å². The Kier molecular flexibility index (Phi) is 5.76. The normalized spacial score (nSPS) is 15.2. The average molecular weight is 405 g/mol. The number of thioether (sulfide) groups is 1. The smallest absolute Gasteiger partial charge is 0.238 e. The molecule has 0 saturated carbocycles. The van der Waals surface area contributed by atoms with Gasteiger partial charge in [-0.3, -0.25) is 14.6 Å². The summed E-state index contributed by atoms with van der Waals surface area (Å²) in [5.74, 6) is 0.268. The van der Waals surface area contributed by atoms with Gasteiger partial charge in [-0.25, -0.2) is 0 Å². The first kappa shape index (κ1) is 19.0. The third-order valence-electron chi connectivity index (χ3n) is 4.32. The van der Waals surface area contributed by atoms with Crippen molar-refractivity contribution in [3.05, 3.63) is 78.6 Å². The van der Waals surface area contributed by atoms with E-state index in [1.54, 1.807) is 24.5 Å². The van der Waals surface area contributed by atoms with Crippen LogP contribution in [0, 0.1) is 0 Å². The Bertz CT molecular complexity index is 1030. The number of benzene rings is 2. The van der Waals surface area contributed by atoms with Crippen LogP contribution in [-0.4, -0.2) is 22.0 Å². The summed E-state index contributed by atoms with van der Waals surface area (Å²) in [6, 6.07) is 18.6.